The van der Waals surface area contributed by atoms with Crippen molar-refractivity contribution in [2.45, 2.75) is 40.3 Å². The van der Waals surface area contributed by atoms with Crippen LogP contribution in [0.5, 0.6) is 0 Å². The third kappa shape index (κ3) is 5.69. The number of ether oxygens (including phenoxy) is 1. The van der Waals surface area contributed by atoms with Gasteiger partial charge in [0.25, 0.3) is 5.91 Å². The lowest BCUT2D eigenvalue weighted by atomic mass is 10.2. The normalized spacial score (nSPS) is 10.9. The van der Waals surface area contributed by atoms with Crippen LogP contribution in [0.1, 0.15) is 36.8 Å². The number of carbonyl (C=O) groups is 2. The van der Waals surface area contributed by atoms with Crippen molar-refractivity contribution >= 4 is 40.0 Å². The van der Waals surface area contributed by atoms with Crippen LogP contribution in [0.3, 0.4) is 0 Å². The predicted octanol–water partition coefficient (Wildman–Crippen LogP) is 5.07. The largest absolute Gasteiger partial charge is 0.452 e. The van der Waals surface area contributed by atoms with Crippen LogP contribution in [-0.2, 0) is 16.1 Å². The van der Waals surface area contributed by atoms with E-state index in [-0.39, 0.29) is 11.6 Å². The predicted molar refractivity (Wildman–Crippen MR) is 145 cm³/mol. The van der Waals surface area contributed by atoms with Gasteiger partial charge in [-0.2, -0.15) is 0 Å². The quantitative estimate of drug-likeness (QED) is 0.341. The molecule has 0 fully saturated rings. The first-order chi connectivity index (χ1) is 17.8. The number of para-hydroxylation sites is 1. The standard InChI is InChI=1S/C29H30N4O4/c1-5-32-17-25(27(35)24-16-11-20(4)30-28(24)32)29(36)37-18-26(34)31-21-12-14-23(15-13-21)33(19(2)3)22-9-7-6-8-10-22/h6-17,19H,5,18H2,1-4H3,(H,31,34). The fourth-order valence-corrected chi connectivity index (χ4v) is 4.19. The Morgan fingerprint density at radius 2 is 1.68 bits per heavy atom. The maximum atomic E-state index is 12.9. The second-order valence-electron chi connectivity index (χ2n) is 8.95. The number of aryl methyl sites for hydroxylation is 2. The van der Waals surface area contributed by atoms with Crippen molar-refractivity contribution in [2.75, 3.05) is 16.8 Å². The van der Waals surface area contributed by atoms with Gasteiger partial charge in [-0.1, -0.05) is 18.2 Å². The fourth-order valence-electron chi connectivity index (χ4n) is 4.19. The van der Waals surface area contributed by atoms with Gasteiger partial charge in [-0.25, -0.2) is 9.78 Å². The Bertz CT molecular complexity index is 1480. The molecule has 2 heterocycles. The molecule has 1 amide bonds. The summed E-state index contributed by atoms with van der Waals surface area (Å²) in [6.07, 6.45) is 1.43. The minimum atomic E-state index is -0.851. The molecule has 0 aliphatic heterocycles. The first kappa shape index (κ1) is 25.6. The van der Waals surface area contributed by atoms with Crippen LogP contribution in [-0.4, -0.2) is 34.1 Å². The van der Waals surface area contributed by atoms with Gasteiger partial charge in [0, 0.05) is 41.5 Å². The van der Waals surface area contributed by atoms with Crippen molar-refractivity contribution in [1.82, 2.24) is 9.55 Å². The summed E-state index contributed by atoms with van der Waals surface area (Å²) in [6.45, 7) is 7.95. The number of carbonyl (C=O) groups excluding carboxylic acids is 2. The number of esters is 1. The molecule has 0 bridgehead atoms. The first-order valence-corrected chi connectivity index (χ1v) is 12.2. The average Bonchev–Trinajstić information content (AvgIpc) is 2.89. The van der Waals surface area contributed by atoms with Gasteiger partial charge in [-0.15, -0.1) is 0 Å². The number of fused-ring (bicyclic) bond motifs is 1. The Balaban J connectivity index is 1.42. The van der Waals surface area contributed by atoms with Crippen LogP contribution in [0.15, 0.2) is 77.7 Å². The van der Waals surface area contributed by atoms with Crippen LogP contribution < -0.4 is 15.6 Å². The summed E-state index contributed by atoms with van der Waals surface area (Å²) < 4.78 is 6.89. The second-order valence-corrected chi connectivity index (χ2v) is 8.95. The number of aromatic nitrogens is 2. The minimum Gasteiger partial charge on any atom is -0.452 e. The summed E-state index contributed by atoms with van der Waals surface area (Å²) in [6, 6.07) is 21.1. The zero-order valence-corrected chi connectivity index (χ0v) is 21.4. The molecule has 8 heteroatoms. The summed E-state index contributed by atoms with van der Waals surface area (Å²) in [5.41, 5.74) is 3.30. The van der Waals surface area contributed by atoms with Crippen LogP contribution in [0, 0.1) is 6.92 Å². The molecule has 4 aromatic rings. The number of nitrogens with one attached hydrogen (secondary N) is 1. The molecule has 0 unspecified atom stereocenters. The number of rotatable bonds is 8. The third-order valence-electron chi connectivity index (χ3n) is 5.94. The van der Waals surface area contributed by atoms with E-state index in [2.05, 4.69) is 29.0 Å². The number of hydrogen-bond acceptors (Lipinski definition) is 6. The molecule has 0 saturated carbocycles. The Kier molecular flexibility index (Phi) is 7.67. The molecule has 37 heavy (non-hydrogen) atoms. The maximum absolute atomic E-state index is 12.9. The Labute approximate surface area is 215 Å². The van der Waals surface area contributed by atoms with Gasteiger partial charge >= 0.3 is 5.97 Å². The number of nitrogens with zero attached hydrogens (tertiary/aromatic N) is 3. The summed E-state index contributed by atoms with van der Waals surface area (Å²) in [7, 11) is 0. The molecule has 1 N–H and O–H groups in total. The van der Waals surface area contributed by atoms with E-state index >= 15 is 0 Å². The molecule has 0 aliphatic rings. The lowest BCUT2D eigenvalue weighted by Crippen LogP contribution is -2.26. The zero-order valence-electron chi connectivity index (χ0n) is 21.4. The molecular weight excluding hydrogens is 468 g/mol. The number of anilines is 3. The van der Waals surface area contributed by atoms with Crippen LogP contribution >= 0.6 is 0 Å². The number of pyridine rings is 2. The molecule has 190 valence electrons. The van der Waals surface area contributed by atoms with E-state index in [1.54, 1.807) is 28.8 Å². The monoisotopic (exact) mass is 498 g/mol. The van der Waals surface area contributed by atoms with Gasteiger partial charge in [-0.05, 0) is 76.2 Å². The van der Waals surface area contributed by atoms with Crippen molar-refractivity contribution < 1.29 is 14.3 Å². The molecule has 2 aromatic carbocycles. The van der Waals surface area contributed by atoms with Crippen LogP contribution in [0.25, 0.3) is 11.0 Å². The van der Waals surface area contributed by atoms with E-state index in [4.69, 9.17) is 4.74 Å². The second kappa shape index (κ2) is 11.1. The smallest absolute Gasteiger partial charge is 0.344 e. The molecule has 2 aromatic heterocycles. The van der Waals surface area contributed by atoms with Gasteiger partial charge < -0.3 is 19.5 Å². The highest BCUT2D eigenvalue weighted by molar-refractivity contribution is 5.97. The molecule has 8 nitrogen and oxygen atoms in total. The van der Waals surface area contributed by atoms with Crippen LogP contribution in [0.2, 0.25) is 0 Å². The lowest BCUT2D eigenvalue weighted by Gasteiger charge is -2.29. The van der Waals surface area contributed by atoms with E-state index in [0.29, 0.717) is 23.3 Å². The third-order valence-corrected chi connectivity index (χ3v) is 5.94. The summed E-state index contributed by atoms with van der Waals surface area (Å²) in [5, 5.41) is 3.06. The molecule has 0 spiro atoms. The average molecular weight is 499 g/mol. The Morgan fingerprint density at radius 3 is 2.32 bits per heavy atom. The van der Waals surface area contributed by atoms with Gasteiger partial charge in [-0.3, -0.25) is 9.59 Å². The molecule has 0 aliphatic carbocycles. The number of benzene rings is 2. The van der Waals surface area contributed by atoms with Crippen molar-refractivity contribution in [3.8, 4) is 0 Å². The number of amides is 1. The van der Waals surface area contributed by atoms with Gasteiger partial charge in [0.2, 0.25) is 5.43 Å². The van der Waals surface area contributed by atoms with E-state index < -0.39 is 23.9 Å². The SMILES string of the molecule is CCn1cc(C(=O)OCC(=O)Nc2ccc(N(c3ccccc3)C(C)C)cc2)c(=O)c2ccc(C)nc21. The lowest BCUT2D eigenvalue weighted by molar-refractivity contribution is -0.119. The van der Waals surface area contributed by atoms with Crippen molar-refractivity contribution in [1.29, 1.82) is 0 Å². The van der Waals surface area contributed by atoms with Crippen molar-refractivity contribution in [2.24, 2.45) is 0 Å². The van der Waals surface area contributed by atoms with E-state index in [1.807, 2.05) is 56.3 Å². The van der Waals surface area contributed by atoms with Gasteiger partial charge in [0.05, 0.1) is 5.39 Å². The van der Waals surface area contributed by atoms with Gasteiger partial charge in [0.15, 0.2) is 6.61 Å². The topological polar surface area (TPSA) is 93.5 Å². The fraction of sp³-hybridized carbons (Fsp3) is 0.241. The van der Waals surface area contributed by atoms with Crippen LogP contribution in [0.4, 0.5) is 17.1 Å². The van der Waals surface area contributed by atoms with Crippen molar-refractivity contribution in [3.05, 3.63) is 94.4 Å². The first-order valence-electron chi connectivity index (χ1n) is 12.2. The maximum Gasteiger partial charge on any atom is 0.344 e. The van der Waals surface area contributed by atoms with E-state index in [1.165, 1.54) is 6.20 Å². The highest BCUT2D eigenvalue weighted by Crippen LogP contribution is 2.28. The van der Waals surface area contributed by atoms with Gasteiger partial charge in [0.1, 0.15) is 11.2 Å². The molecular formula is C29H30N4O4. The zero-order chi connectivity index (χ0) is 26.5. The van der Waals surface area contributed by atoms with Crippen molar-refractivity contribution in [3.63, 3.8) is 0 Å². The minimum absolute atomic E-state index is 0.133. The molecule has 0 saturated heterocycles. The molecule has 0 atom stereocenters. The highest BCUT2D eigenvalue weighted by atomic mass is 16.5. The summed E-state index contributed by atoms with van der Waals surface area (Å²) in [4.78, 5) is 44.6. The van der Waals surface area contributed by atoms with E-state index in [9.17, 15) is 14.4 Å². The highest BCUT2D eigenvalue weighted by Gasteiger charge is 2.19. The Hall–Kier alpha value is -4.46. The number of hydrogen-bond donors (Lipinski definition) is 1. The summed E-state index contributed by atoms with van der Waals surface area (Å²) >= 11 is 0. The van der Waals surface area contributed by atoms with E-state index in [0.717, 1.165) is 17.1 Å². The Morgan fingerprint density at radius 1 is 1.00 bits per heavy atom. The summed E-state index contributed by atoms with van der Waals surface area (Å²) in [5.74, 6) is -1.35. The molecule has 4 rings (SSSR count). The molecule has 0 radical (unpaired) electrons.